The molecule has 1 N–H and O–H groups in total. The van der Waals surface area contributed by atoms with Gasteiger partial charge in [-0.15, -0.1) is 0 Å². The lowest BCUT2D eigenvalue weighted by Crippen LogP contribution is -2.27. The van der Waals surface area contributed by atoms with Gasteiger partial charge in [0.05, 0.1) is 18.1 Å². The van der Waals surface area contributed by atoms with Gasteiger partial charge in [0.25, 0.3) is 0 Å². The summed E-state index contributed by atoms with van der Waals surface area (Å²) in [6.45, 7) is 0.875. The minimum atomic E-state index is -3.50. The van der Waals surface area contributed by atoms with E-state index in [1.165, 1.54) is 12.0 Å². The van der Waals surface area contributed by atoms with Crippen molar-refractivity contribution in [3.63, 3.8) is 0 Å². The molecule has 6 heteroatoms. The van der Waals surface area contributed by atoms with Crippen molar-refractivity contribution in [2.45, 2.75) is 37.2 Å². The van der Waals surface area contributed by atoms with Crippen molar-refractivity contribution in [2.24, 2.45) is 0 Å². The number of aryl methyl sites for hydroxylation is 2. The SMILES string of the molecule is O=S(=O)(NCCOCc1ccccc1Cl)c1ccc2c(c1)CCCC2. The van der Waals surface area contributed by atoms with E-state index in [1.807, 2.05) is 24.3 Å². The Morgan fingerprint density at radius 3 is 2.60 bits per heavy atom. The smallest absolute Gasteiger partial charge is 0.240 e. The molecule has 1 aliphatic carbocycles. The van der Waals surface area contributed by atoms with E-state index < -0.39 is 10.0 Å². The summed E-state index contributed by atoms with van der Waals surface area (Å²) in [7, 11) is -3.50. The molecule has 2 aromatic rings. The largest absolute Gasteiger partial charge is 0.375 e. The number of nitrogens with one attached hydrogen (secondary N) is 1. The Morgan fingerprint density at radius 1 is 1.04 bits per heavy atom. The summed E-state index contributed by atoms with van der Waals surface area (Å²) in [5.41, 5.74) is 3.32. The second-order valence-corrected chi connectivity index (χ2v) is 8.35. The van der Waals surface area contributed by atoms with Crippen molar-refractivity contribution in [1.29, 1.82) is 0 Å². The first-order chi connectivity index (χ1) is 12.1. The highest BCUT2D eigenvalue weighted by molar-refractivity contribution is 7.89. The average Bonchev–Trinajstić information content (AvgIpc) is 2.62. The van der Waals surface area contributed by atoms with Crippen molar-refractivity contribution < 1.29 is 13.2 Å². The maximum atomic E-state index is 12.4. The van der Waals surface area contributed by atoms with Gasteiger partial charge < -0.3 is 4.74 Å². The summed E-state index contributed by atoms with van der Waals surface area (Å²) >= 11 is 6.06. The molecule has 0 unspecified atom stereocenters. The zero-order valence-corrected chi connectivity index (χ0v) is 15.6. The summed E-state index contributed by atoms with van der Waals surface area (Å²) in [6.07, 6.45) is 4.30. The highest BCUT2D eigenvalue weighted by Gasteiger charge is 2.17. The molecule has 0 saturated heterocycles. The Balaban J connectivity index is 1.51. The maximum Gasteiger partial charge on any atom is 0.240 e. The third-order valence-corrected chi connectivity index (χ3v) is 6.21. The Hall–Kier alpha value is -1.40. The van der Waals surface area contributed by atoms with Crippen LogP contribution in [0.5, 0.6) is 0 Å². The molecular weight excluding hydrogens is 358 g/mol. The normalized spacial score (nSPS) is 14.3. The van der Waals surface area contributed by atoms with Crippen LogP contribution < -0.4 is 4.72 Å². The van der Waals surface area contributed by atoms with Crippen LogP contribution >= 0.6 is 11.6 Å². The van der Waals surface area contributed by atoms with E-state index in [0.29, 0.717) is 16.5 Å². The van der Waals surface area contributed by atoms with Gasteiger partial charge >= 0.3 is 0 Å². The fourth-order valence-corrected chi connectivity index (χ4v) is 4.26. The molecule has 4 nitrogen and oxygen atoms in total. The second-order valence-electron chi connectivity index (χ2n) is 6.18. The average molecular weight is 380 g/mol. The van der Waals surface area contributed by atoms with E-state index in [2.05, 4.69) is 4.72 Å². The molecule has 0 amide bonds. The lowest BCUT2D eigenvalue weighted by molar-refractivity contribution is 0.126. The molecule has 0 fully saturated rings. The first-order valence-corrected chi connectivity index (χ1v) is 10.3. The summed E-state index contributed by atoms with van der Waals surface area (Å²) in [4.78, 5) is 0.333. The second kappa shape index (κ2) is 8.32. The summed E-state index contributed by atoms with van der Waals surface area (Å²) in [5, 5.41) is 0.650. The van der Waals surface area contributed by atoms with Crippen LogP contribution in [0.15, 0.2) is 47.4 Å². The van der Waals surface area contributed by atoms with E-state index in [0.717, 1.165) is 30.4 Å². The van der Waals surface area contributed by atoms with E-state index in [-0.39, 0.29) is 13.2 Å². The Labute approximate surface area is 154 Å². The molecule has 0 aromatic heterocycles. The Kier molecular flexibility index (Phi) is 6.12. The lowest BCUT2D eigenvalue weighted by Gasteiger charge is -2.16. The monoisotopic (exact) mass is 379 g/mol. The molecule has 2 aromatic carbocycles. The number of benzene rings is 2. The first kappa shape index (κ1) is 18.4. The minimum Gasteiger partial charge on any atom is -0.375 e. The predicted molar refractivity (Wildman–Crippen MR) is 99.4 cm³/mol. The number of sulfonamides is 1. The van der Waals surface area contributed by atoms with Gasteiger partial charge in [-0.05, 0) is 60.6 Å². The van der Waals surface area contributed by atoms with Gasteiger partial charge in [-0.25, -0.2) is 13.1 Å². The minimum absolute atomic E-state index is 0.226. The van der Waals surface area contributed by atoms with Crippen LogP contribution in [0.1, 0.15) is 29.5 Å². The van der Waals surface area contributed by atoms with Gasteiger partial charge in [0.15, 0.2) is 0 Å². The van der Waals surface area contributed by atoms with Crippen LogP contribution in [0.2, 0.25) is 5.02 Å². The molecular formula is C19H22ClNO3S. The van der Waals surface area contributed by atoms with Crippen molar-refractivity contribution in [3.05, 3.63) is 64.2 Å². The molecule has 0 atom stereocenters. The molecule has 1 aliphatic rings. The highest BCUT2D eigenvalue weighted by atomic mass is 35.5. The summed E-state index contributed by atoms with van der Waals surface area (Å²) < 4.78 is 32.9. The van der Waals surface area contributed by atoms with Gasteiger partial charge in [0.1, 0.15) is 0 Å². The molecule has 0 heterocycles. The van der Waals surface area contributed by atoms with E-state index in [9.17, 15) is 8.42 Å². The predicted octanol–water partition coefficient (Wildman–Crippen LogP) is 3.71. The number of hydrogen-bond acceptors (Lipinski definition) is 3. The topological polar surface area (TPSA) is 55.4 Å². The molecule has 0 bridgehead atoms. The number of halogens is 1. The number of rotatable bonds is 7. The molecule has 0 aliphatic heterocycles. The summed E-state index contributed by atoms with van der Waals surface area (Å²) in [5.74, 6) is 0. The highest BCUT2D eigenvalue weighted by Crippen LogP contribution is 2.24. The maximum absolute atomic E-state index is 12.4. The molecule has 3 rings (SSSR count). The van der Waals surface area contributed by atoms with Crippen LogP contribution in [-0.4, -0.2) is 21.6 Å². The zero-order chi connectivity index (χ0) is 17.7. The molecule has 0 radical (unpaired) electrons. The number of hydrogen-bond donors (Lipinski definition) is 1. The zero-order valence-electron chi connectivity index (χ0n) is 14.0. The van der Waals surface area contributed by atoms with Crippen LogP contribution in [0, 0.1) is 0 Å². The standard InChI is InChI=1S/C19H22ClNO3S/c20-19-8-4-3-7-17(19)14-24-12-11-21-25(22,23)18-10-9-15-5-1-2-6-16(15)13-18/h3-4,7-10,13,21H,1-2,5-6,11-12,14H2. The molecule has 134 valence electrons. The summed E-state index contributed by atoms with van der Waals surface area (Å²) in [6, 6.07) is 12.9. The third-order valence-electron chi connectivity index (χ3n) is 4.38. The van der Waals surface area contributed by atoms with Crippen molar-refractivity contribution in [1.82, 2.24) is 4.72 Å². The fraction of sp³-hybridized carbons (Fsp3) is 0.368. The lowest BCUT2D eigenvalue weighted by atomic mass is 9.92. The third kappa shape index (κ3) is 4.82. The number of fused-ring (bicyclic) bond motifs is 1. The molecule has 0 spiro atoms. The van der Waals surface area contributed by atoms with Gasteiger partial charge in [-0.1, -0.05) is 35.9 Å². The van der Waals surface area contributed by atoms with Crippen LogP contribution in [0.25, 0.3) is 0 Å². The van der Waals surface area contributed by atoms with Crippen LogP contribution in [0.3, 0.4) is 0 Å². The van der Waals surface area contributed by atoms with Gasteiger partial charge in [-0.2, -0.15) is 0 Å². The van der Waals surface area contributed by atoms with E-state index >= 15 is 0 Å². The van der Waals surface area contributed by atoms with Crippen LogP contribution in [0.4, 0.5) is 0 Å². The van der Waals surface area contributed by atoms with Crippen molar-refractivity contribution in [2.75, 3.05) is 13.2 Å². The van der Waals surface area contributed by atoms with Gasteiger partial charge in [0, 0.05) is 11.6 Å². The Morgan fingerprint density at radius 2 is 1.80 bits per heavy atom. The van der Waals surface area contributed by atoms with Gasteiger partial charge in [0.2, 0.25) is 10.0 Å². The molecule has 25 heavy (non-hydrogen) atoms. The van der Waals surface area contributed by atoms with Crippen molar-refractivity contribution in [3.8, 4) is 0 Å². The fourth-order valence-electron chi connectivity index (χ4n) is 3.01. The number of ether oxygens (including phenoxy) is 1. The molecule has 0 saturated carbocycles. The van der Waals surface area contributed by atoms with Gasteiger partial charge in [-0.3, -0.25) is 0 Å². The van der Waals surface area contributed by atoms with E-state index in [4.69, 9.17) is 16.3 Å². The first-order valence-electron chi connectivity index (χ1n) is 8.49. The van der Waals surface area contributed by atoms with Crippen molar-refractivity contribution >= 4 is 21.6 Å². The van der Waals surface area contributed by atoms with E-state index in [1.54, 1.807) is 18.2 Å². The van der Waals surface area contributed by atoms with Crippen LogP contribution in [-0.2, 0) is 34.2 Å². The Bertz CT molecular complexity index is 836. The quantitative estimate of drug-likeness (QED) is 0.746.